The number of aromatic amines is 1. The third kappa shape index (κ3) is 0.745. The fourth-order valence-electron chi connectivity index (χ4n) is 1.15. The van der Waals surface area contributed by atoms with Crippen LogP contribution in [-0.4, -0.2) is 9.97 Å². The molecule has 1 fully saturated rings. The van der Waals surface area contributed by atoms with Crippen molar-refractivity contribution < 1.29 is 0 Å². The largest absolute Gasteiger partial charge is 0.342 e. The van der Waals surface area contributed by atoms with Crippen molar-refractivity contribution >= 4 is 0 Å². The fourth-order valence-corrected chi connectivity index (χ4v) is 1.15. The topological polar surface area (TPSA) is 28.7 Å². The van der Waals surface area contributed by atoms with Gasteiger partial charge in [-0.2, -0.15) is 0 Å². The molecule has 1 aliphatic carbocycles. The Morgan fingerprint density at radius 2 is 2.56 bits per heavy atom. The number of H-pyrrole nitrogens is 1. The van der Waals surface area contributed by atoms with Crippen LogP contribution in [0.3, 0.4) is 0 Å². The highest BCUT2D eigenvalue weighted by Gasteiger charge is 2.20. The van der Waals surface area contributed by atoms with Gasteiger partial charge in [-0.25, -0.2) is 4.98 Å². The summed E-state index contributed by atoms with van der Waals surface area (Å²) in [6, 6.07) is 0. The Balaban J connectivity index is 2.14. The molecule has 0 spiro atoms. The third-order valence-corrected chi connectivity index (χ3v) is 1.99. The van der Waals surface area contributed by atoms with E-state index >= 15 is 0 Å². The normalized spacial score (nSPS) is 19.6. The van der Waals surface area contributed by atoms with Gasteiger partial charge < -0.3 is 4.98 Å². The third-order valence-electron chi connectivity index (χ3n) is 1.99. The Morgan fingerprint density at radius 3 is 3.00 bits per heavy atom. The molecule has 2 rings (SSSR count). The maximum atomic E-state index is 4.06. The van der Waals surface area contributed by atoms with Gasteiger partial charge in [0.2, 0.25) is 0 Å². The summed E-state index contributed by atoms with van der Waals surface area (Å²) < 4.78 is 0. The summed E-state index contributed by atoms with van der Waals surface area (Å²) in [6.45, 7) is 0. The van der Waals surface area contributed by atoms with Gasteiger partial charge in [-0.3, -0.25) is 0 Å². The molecule has 0 unspecified atom stereocenters. The van der Waals surface area contributed by atoms with Crippen LogP contribution in [-0.2, 0) is 0 Å². The average molecular weight is 121 g/mol. The van der Waals surface area contributed by atoms with Crippen LogP contribution in [0.2, 0.25) is 0 Å². The summed E-state index contributed by atoms with van der Waals surface area (Å²) in [5.41, 5.74) is 1.20. The van der Waals surface area contributed by atoms with Crippen molar-refractivity contribution in [2.24, 2.45) is 0 Å². The van der Waals surface area contributed by atoms with Crippen molar-refractivity contribution in [1.29, 1.82) is 0 Å². The van der Waals surface area contributed by atoms with Crippen LogP contribution < -0.4 is 0 Å². The molecule has 0 atom stereocenters. The number of hydrogen-bond acceptors (Lipinski definition) is 1. The maximum absolute atomic E-state index is 4.06. The molecule has 0 aromatic carbocycles. The van der Waals surface area contributed by atoms with E-state index in [-0.39, 0.29) is 0 Å². The zero-order valence-corrected chi connectivity index (χ0v) is 5.22. The lowest BCUT2D eigenvalue weighted by Crippen LogP contribution is -2.08. The molecular formula is C7H9N2. The lowest BCUT2D eigenvalue weighted by molar-refractivity contribution is 0.412. The maximum Gasteiger partial charge on any atom is 0.173 e. The average Bonchev–Trinajstić information content (AvgIpc) is 2.11. The number of hydrogen-bond donors (Lipinski definition) is 1. The molecule has 1 saturated carbocycles. The molecule has 1 aliphatic rings. The van der Waals surface area contributed by atoms with Crippen LogP contribution >= 0.6 is 0 Å². The summed E-state index contributed by atoms with van der Waals surface area (Å²) in [5.74, 6) is 0.743. The molecule has 47 valence electrons. The van der Waals surface area contributed by atoms with E-state index in [4.69, 9.17) is 0 Å². The Hall–Kier alpha value is -0.790. The Kier molecular flexibility index (Phi) is 1.04. The van der Waals surface area contributed by atoms with Gasteiger partial charge in [0.25, 0.3) is 0 Å². The smallest absolute Gasteiger partial charge is 0.173 e. The fraction of sp³-hybridized carbons (Fsp3) is 0.571. The van der Waals surface area contributed by atoms with Gasteiger partial charge >= 0.3 is 0 Å². The predicted octanol–water partition coefficient (Wildman–Crippen LogP) is 1.48. The van der Waals surface area contributed by atoms with E-state index in [0.29, 0.717) is 0 Å². The SMILES string of the molecule is [c]1nc(C2CCC2)c[nH]1. The van der Waals surface area contributed by atoms with E-state index in [9.17, 15) is 0 Å². The first-order valence-corrected chi connectivity index (χ1v) is 3.38. The summed E-state index contributed by atoms with van der Waals surface area (Å²) in [7, 11) is 0. The van der Waals surface area contributed by atoms with E-state index in [2.05, 4.69) is 16.3 Å². The molecule has 2 heteroatoms. The first-order chi connectivity index (χ1) is 4.47. The van der Waals surface area contributed by atoms with E-state index in [0.717, 1.165) is 5.92 Å². The van der Waals surface area contributed by atoms with E-state index in [1.165, 1.54) is 25.0 Å². The predicted molar refractivity (Wildman–Crippen MR) is 34.0 cm³/mol. The minimum atomic E-state index is 0.743. The molecule has 0 bridgehead atoms. The number of imidazole rings is 1. The summed E-state index contributed by atoms with van der Waals surface area (Å²) >= 11 is 0. The summed E-state index contributed by atoms with van der Waals surface area (Å²) in [6.07, 6.45) is 8.66. The first-order valence-electron chi connectivity index (χ1n) is 3.38. The van der Waals surface area contributed by atoms with Crippen molar-refractivity contribution in [1.82, 2.24) is 9.97 Å². The van der Waals surface area contributed by atoms with Crippen LogP contribution in [0.5, 0.6) is 0 Å². The highest BCUT2D eigenvalue weighted by molar-refractivity contribution is 5.05. The standard InChI is InChI=1S/C7H9N2/c1-2-6(3-1)7-4-8-5-9-7/h4,6H,1-3H2,(H,8,9). The van der Waals surface area contributed by atoms with Gasteiger partial charge in [0, 0.05) is 12.1 Å². The summed E-state index contributed by atoms with van der Waals surface area (Å²) in [5, 5.41) is 0. The highest BCUT2D eigenvalue weighted by Crippen LogP contribution is 2.34. The number of rotatable bonds is 1. The molecule has 1 N–H and O–H groups in total. The molecule has 0 aliphatic heterocycles. The molecule has 0 amide bonds. The Morgan fingerprint density at radius 1 is 1.67 bits per heavy atom. The van der Waals surface area contributed by atoms with Gasteiger partial charge in [0.05, 0.1) is 5.69 Å². The van der Waals surface area contributed by atoms with Crippen molar-refractivity contribution in [2.75, 3.05) is 0 Å². The molecule has 1 heterocycles. The highest BCUT2D eigenvalue weighted by atomic mass is 14.9. The monoisotopic (exact) mass is 121 g/mol. The second kappa shape index (κ2) is 1.87. The van der Waals surface area contributed by atoms with Gasteiger partial charge in [0.1, 0.15) is 0 Å². The van der Waals surface area contributed by atoms with Gasteiger partial charge in [-0.15, -0.1) is 0 Å². The second-order valence-corrected chi connectivity index (χ2v) is 2.56. The van der Waals surface area contributed by atoms with Crippen molar-refractivity contribution in [2.45, 2.75) is 25.2 Å². The first kappa shape index (κ1) is 5.03. The number of aromatic nitrogens is 2. The molecule has 9 heavy (non-hydrogen) atoms. The zero-order chi connectivity index (χ0) is 6.10. The lowest BCUT2D eigenvalue weighted by atomic mass is 9.83. The van der Waals surface area contributed by atoms with Crippen molar-refractivity contribution in [3.8, 4) is 0 Å². The van der Waals surface area contributed by atoms with Crippen LogP contribution in [0.1, 0.15) is 30.9 Å². The molecule has 1 radical (unpaired) electrons. The zero-order valence-electron chi connectivity index (χ0n) is 5.22. The molecule has 2 nitrogen and oxygen atoms in total. The second-order valence-electron chi connectivity index (χ2n) is 2.56. The minimum Gasteiger partial charge on any atom is -0.342 e. The minimum absolute atomic E-state index is 0.743. The van der Waals surface area contributed by atoms with E-state index in [1.807, 2.05) is 6.20 Å². The molecular weight excluding hydrogens is 112 g/mol. The summed E-state index contributed by atoms with van der Waals surface area (Å²) in [4.78, 5) is 6.90. The van der Waals surface area contributed by atoms with Crippen LogP contribution in [0.4, 0.5) is 0 Å². The lowest BCUT2D eigenvalue weighted by Gasteiger charge is -2.22. The van der Waals surface area contributed by atoms with Crippen LogP contribution in [0.15, 0.2) is 6.20 Å². The van der Waals surface area contributed by atoms with Gasteiger partial charge in [-0.05, 0) is 12.8 Å². The van der Waals surface area contributed by atoms with Crippen molar-refractivity contribution in [3.05, 3.63) is 18.2 Å². The van der Waals surface area contributed by atoms with Gasteiger partial charge in [0.15, 0.2) is 6.33 Å². The van der Waals surface area contributed by atoms with E-state index in [1.54, 1.807) is 0 Å². The molecule has 0 saturated heterocycles. The quantitative estimate of drug-likeness (QED) is 0.599. The van der Waals surface area contributed by atoms with E-state index < -0.39 is 0 Å². The molecule has 1 aromatic rings. The number of nitrogens with zero attached hydrogens (tertiary/aromatic N) is 1. The van der Waals surface area contributed by atoms with Gasteiger partial charge in [-0.1, -0.05) is 6.42 Å². The van der Waals surface area contributed by atoms with Crippen LogP contribution in [0.25, 0.3) is 0 Å². The molecule has 1 aromatic heterocycles. The Bertz CT molecular complexity index is 175. The number of nitrogens with one attached hydrogen (secondary N) is 1. The van der Waals surface area contributed by atoms with Crippen molar-refractivity contribution in [3.63, 3.8) is 0 Å². The van der Waals surface area contributed by atoms with Crippen LogP contribution in [0, 0.1) is 6.33 Å². The Labute approximate surface area is 54.3 Å².